The van der Waals surface area contributed by atoms with Gasteiger partial charge in [-0.25, -0.2) is 4.39 Å². The lowest BCUT2D eigenvalue weighted by atomic mass is 9.85. The fraction of sp³-hybridized carbons (Fsp3) is 0.400. The summed E-state index contributed by atoms with van der Waals surface area (Å²) in [5.74, 6) is -0.573. The van der Waals surface area contributed by atoms with Crippen LogP contribution in [0.3, 0.4) is 0 Å². The van der Waals surface area contributed by atoms with Crippen LogP contribution in [0.5, 0.6) is 0 Å². The van der Waals surface area contributed by atoms with E-state index in [0.29, 0.717) is 18.4 Å². The fourth-order valence-corrected chi connectivity index (χ4v) is 2.99. The molecule has 0 atom stereocenters. The number of alkyl halides is 1. The van der Waals surface area contributed by atoms with Gasteiger partial charge in [-0.1, -0.05) is 0 Å². The second-order valence-electron chi connectivity index (χ2n) is 5.48. The van der Waals surface area contributed by atoms with Gasteiger partial charge < -0.3 is 10.7 Å². The number of aromatic amines is 1. The van der Waals surface area contributed by atoms with Crippen molar-refractivity contribution in [1.29, 1.82) is 0 Å². The molecule has 0 spiro atoms. The Morgan fingerprint density at radius 1 is 1.33 bits per heavy atom. The van der Waals surface area contributed by atoms with Crippen LogP contribution in [0.1, 0.15) is 47.8 Å². The topological polar surface area (TPSA) is 88.8 Å². The first-order valence-corrected chi connectivity index (χ1v) is 7.02. The molecule has 0 aliphatic heterocycles. The summed E-state index contributed by atoms with van der Waals surface area (Å²) in [7, 11) is 0. The minimum Gasteiger partial charge on any atom is -0.364 e. The van der Waals surface area contributed by atoms with Gasteiger partial charge in [0.05, 0.1) is 10.9 Å². The Morgan fingerprint density at radius 3 is 2.71 bits per heavy atom. The van der Waals surface area contributed by atoms with Gasteiger partial charge in [0.15, 0.2) is 5.43 Å². The zero-order valence-electron chi connectivity index (χ0n) is 11.4. The van der Waals surface area contributed by atoms with Crippen molar-refractivity contribution in [2.45, 2.75) is 37.8 Å². The Morgan fingerprint density at radius 2 is 2.05 bits per heavy atom. The number of primary amides is 1. The number of H-pyrrole nitrogens is 1. The van der Waals surface area contributed by atoms with Crippen molar-refractivity contribution in [2.24, 2.45) is 5.73 Å². The minimum atomic E-state index is -0.737. The molecular formula is C15H16FN3O2. The lowest BCUT2D eigenvalue weighted by Gasteiger charge is -2.24. The fourth-order valence-electron chi connectivity index (χ4n) is 2.99. The number of nitrogens with zero attached hydrogens (tertiary/aromatic N) is 1. The van der Waals surface area contributed by atoms with Crippen LogP contribution in [0.15, 0.2) is 23.1 Å². The van der Waals surface area contributed by atoms with Crippen LogP contribution in [-0.4, -0.2) is 22.0 Å². The summed E-state index contributed by atoms with van der Waals surface area (Å²) in [6.07, 6.45) is 3.19. The summed E-state index contributed by atoms with van der Waals surface area (Å²) in [6.45, 7) is 0. The average Bonchev–Trinajstić information content (AvgIpc) is 2.47. The van der Waals surface area contributed by atoms with Crippen LogP contribution in [0.2, 0.25) is 0 Å². The molecule has 1 fully saturated rings. The molecular weight excluding hydrogens is 273 g/mol. The average molecular weight is 289 g/mol. The number of hydrogen-bond acceptors (Lipinski definition) is 3. The van der Waals surface area contributed by atoms with E-state index >= 15 is 0 Å². The minimum absolute atomic E-state index is 0.0206. The maximum atomic E-state index is 13.2. The molecule has 0 unspecified atom stereocenters. The van der Waals surface area contributed by atoms with Gasteiger partial charge in [0, 0.05) is 18.0 Å². The standard InChI is InChI=1S/C15H16FN3O2/c16-9-3-1-8(2-4-9)11-7-12(20)13-10(19-11)5-6-18-14(13)15(17)21/h5-9H,1-4H2,(H2,17,21)(H,19,20). The molecule has 3 rings (SSSR count). The second kappa shape index (κ2) is 5.27. The van der Waals surface area contributed by atoms with Gasteiger partial charge in [-0.05, 0) is 37.7 Å². The van der Waals surface area contributed by atoms with Crippen molar-refractivity contribution in [1.82, 2.24) is 9.97 Å². The lowest BCUT2D eigenvalue weighted by Crippen LogP contribution is -2.20. The molecule has 0 bridgehead atoms. The smallest absolute Gasteiger partial charge is 0.268 e. The van der Waals surface area contributed by atoms with E-state index in [2.05, 4.69) is 9.97 Å². The van der Waals surface area contributed by atoms with Gasteiger partial charge in [0.2, 0.25) is 0 Å². The van der Waals surface area contributed by atoms with E-state index in [-0.39, 0.29) is 22.4 Å². The lowest BCUT2D eigenvalue weighted by molar-refractivity contribution is 0.0997. The highest BCUT2D eigenvalue weighted by atomic mass is 19.1. The number of halogens is 1. The monoisotopic (exact) mass is 289 g/mol. The number of nitrogens with one attached hydrogen (secondary N) is 1. The number of aromatic nitrogens is 2. The summed E-state index contributed by atoms with van der Waals surface area (Å²) in [4.78, 5) is 30.7. The number of carbonyl (C=O) groups excluding carboxylic acids is 1. The maximum absolute atomic E-state index is 13.2. The first-order chi connectivity index (χ1) is 10.1. The van der Waals surface area contributed by atoms with Gasteiger partial charge in [-0.3, -0.25) is 14.6 Å². The summed E-state index contributed by atoms with van der Waals surface area (Å²) >= 11 is 0. The van der Waals surface area contributed by atoms with E-state index in [0.717, 1.165) is 18.5 Å². The van der Waals surface area contributed by atoms with Crippen LogP contribution in [0.4, 0.5) is 4.39 Å². The van der Waals surface area contributed by atoms with Crippen molar-refractivity contribution in [3.63, 3.8) is 0 Å². The summed E-state index contributed by atoms with van der Waals surface area (Å²) in [6, 6.07) is 3.13. The van der Waals surface area contributed by atoms with E-state index < -0.39 is 12.1 Å². The maximum Gasteiger partial charge on any atom is 0.268 e. The highest BCUT2D eigenvalue weighted by Crippen LogP contribution is 2.33. The first kappa shape index (κ1) is 13.7. The predicted molar refractivity (Wildman–Crippen MR) is 77.0 cm³/mol. The Bertz CT molecular complexity index is 748. The van der Waals surface area contributed by atoms with Crippen LogP contribution in [0.25, 0.3) is 10.9 Å². The zero-order chi connectivity index (χ0) is 15.0. The predicted octanol–water partition coefficient (Wildman–Crippen LogP) is 2.02. The number of pyridine rings is 2. The molecule has 6 heteroatoms. The van der Waals surface area contributed by atoms with Crippen LogP contribution < -0.4 is 11.2 Å². The number of carbonyl (C=O) groups is 1. The Hall–Kier alpha value is -2.24. The van der Waals surface area contributed by atoms with Crippen LogP contribution in [0, 0.1) is 0 Å². The highest BCUT2D eigenvalue weighted by molar-refractivity contribution is 6.03. The molecule has 1 aliphatic rings. The molecule has 0 aromatic carbocycles. The van der Waals surface area contributed by atoms with E-state index in [9.17, 15) is 14.0 Å². The van der Waals surface area contributed by atoms with Crippen molar-refractivity contribution in [2.75, 3.05) is 0 Å². The summed E-state index contributed by atoms with van der Waals surface area (Å²) in [5, 5.41) is 0.216. The third kappa shape index (κ3) is 2.53. The first-order valence-electron chi connectivity index (χ1n) is 7.02. The quantitative estimate of drug-likeness (QED) is 0.886. The van der Waals surface area contributed by atoms with Gasteiger partial charge in [0.25, 0.3) is 5.91 Å². The van der Waals surface area contributed by atoms with Crippen molar-refractivity contribution in [3.8, 4) is 0 Å². The van der Waals surface area contributed by atoms with Crippen molar-refractivity contribution >= 4 is 16.8 Å². The Labute approximate surface area is 120 Å². The molecule has 2 aromatic heterocycles. The van der Waals surface area contributed by atoms with Gasteiger partial charge in [0.1, 0.15) is 11.9 Å². The molecule has 1 saturated carbocycles. The number of fused-ring (bicyclic) bond motifs is 1. The van der Waals surface area contributed by atoms with E-state index in [1.165, 1.54) is 12.3 Å². The Kier molecular flexibility index (Phi) is 3.45. The molecule has 2 aromatic rings. The van der Waals surface area contributed by atoms with E-state index in [1.807, 2.05) is 0 Å². The van der Waals surface area contributed by atoms with Gasteiger partial charge in [-0.2, -0.15) is 0 Å². The van der Waals surface area contributed by atoms with Crippen molar-refractivity contribution in [3.05, 3.63) is 39.9 Å². The molecule has 3 N–H and O–H groups in total. The second-order valence-corrected chi connectivity index (χ2v) is 5.48. The molecule has 1 amide bonds. The number of nitrogens with two attached hydrogens (primary N) is 1. The van der Waals surface area contributed by atoms with E-state index in [4.69, 9.17) is 5.73 Å². The third-order valence-corrected chi connectivity index (χ3v) is 4.09. The molecule has 0 saturated heterocycles. The van der Waals surface area contributed by atoms with Gasteiger partial charge >= 0.3 is 0 Å². The molecule has 1 aliphatic carbocycles. The number of hydrogen-bond donors (Lipinski definition) is 2. The molecule has 0 radical (unpaired) electrons. The Balaban J connectivity index is 2.08. The molecule has 110 valence electrons. The molecule has 2 heterocycles. The summed E-state index contributed by atoms with van der Waals surface area (Å²) in [5.41, 5.74) is 6.29. The van der Waals surface area contributed by atoms with Crippen LogP contribution in [-0.2, 0) is 0 Å². The molecule has 21 heavy (non-hydrogen) atoms. The molecule has 5 nitrogen and oxygen atoms in total. The highest BCUT2D eigenvalue weighted by Gasteiger charge is 2.23. The number of amides is 1. The van der Waals surface area contributed by atoms with Crippen LogP contribution >= 0.6 is 0 Å². The number of rotatable bonds is 2. The van der Waals surface area contributed by atoms with E-state index in [1.54, 1.807) is 6.07 Å². The summed E-state index contributed by atoms with van der Waals surface area (Å²) < 4.78 is 13.2. The largest absolute Gasteiger partial charge is 0.364 e. The normalized spacial score (nSPS) is 22.3. The SMILES string of the molecule is NC(=O)c1nccc2[nH]c(C3CCC(F)CC3)cc(=O)c12. The van der Waals surface area contributed by atoms with Crippen molar-refractivity contribution < 1.29 is 9.18 Å². The zero-order valence-corrected chi connectivity index (χ0v) is 11.4. The third-order valence-electron chi connectivity index (χ3n) is 4.09. The van der Waals surface area contributed by atoms with Gasteiger partial charge in [-0.15, -0.1) is 0 Å².